The highest BCUT2D eigenvalue weighted by atomic mass is 19.2. The predicted octanol–water partition coefficient (Wildman–Crippen LogP) is 1.51. The second-order valence-corrected chi connectivity index (χ2v) is 5.25. The van der Waals surface area contributed by atoms with Crippen LogP contribution in [0.15, 0.2) is 12.1 Å². The summed E-state index contributed by atoms with van der Waals surface area (Å²) in [6.07, 6.45) is 1.39. The molecule has 1 aliphatic rings. The third-order valence-electron chi connectivity index (χ3n) is 3.96. The maximum atomic E-state index is 14.1. The molecule has 1 aromatic rings. The van der Waals surface area contributed by atoms with Crippen molar-refractivity contribution in [3.05, 3.63) is 29.3 Å². The lowest BCUT2D eigenvalue weighted by Crippen LogP contribution is -2.46. The summed E-state index contributed by atoms with van der Waals surface area (Å²) in [5.74, 6) is -2.56. The summed E-state index contributed by atoms with van der Waals surface area (Å²) < 4.78 is 28.0. The minimum Gasteiger partial charge on any atom is -0.369 e. The fourth-order valence-electron chi connectivity index (χ4n) is 2.63. The topological polar surface area (TPSA) is 72.4 Å². The van der Waals surface area contributed by atoms with Gasteiger partial charge in [-0.25, -0.2) is 8.78 Å². The number of hydrogen-bond donors (Lipinski definition) is 2. The van der Waals surface area contributed by atoms with Crippen LogP contribution in [0.5, 0.6) is 0 Å². The summed E-state index contributed by atoms with van der Waals surface area (Å²) in [6.45, 7) is 2.18. The van der Waals surface area contributed by atoms with Gasteiger partial charge in [-0.15, -0.1) is 0 Å². The van der Waals surface area contributed by atoms with Gasteiger partial charge in [-0.1, -0.05) is 6.07 Å². The number of rotatable bonds is 3. The first kappa shape index (κ1) is 14.7. The quantitative estimate of drug-likeness (QED) is 0.883. The van der Waals surface area contributed by atoms with E-state index in [2.05, 4.69) is 0 Å². The van der Waals surface area contributed by atoms with Gasteiger partial charge in [0.25, 0.3) is 0 Å². The number of halogens is 2. The van der Waals surface area contributed by atoms with Crippen molar-refractivity contribution < 1.29 is 13.6 Å². The molecule has 1 fully saturated rings. The van der Waals surface area contributed by atoms with Crippen molar-refractivity contribution in [3.63, 3.8) is 0 Å². The molecule has 1 aromatic carbocycles. The minimum absolute atomic E-state index is 0.0308. The molecule has 20 heavy (non-hydrogen) atoms. The van der Waals surface area contributed by atoms with Gasteiger partial charge < -0.3 is 16.4 Å². The van der Waals surface area contributed by atoms with E-state index in [1.807, 2.05) is 6.92 Å². The Labute approximate surface area is 116 Å². The molecule has 4 N–H and O–H groups in total. The van der Waals surface area contributed by atoms with Crippen LogP contribution in [0.25, 0.3) is 0 Å². The summed E-state index contributed by atoms with van der Waals surface area (Å²) in [4.78, 5) is 13.0. The highest BCUT2D eigenvalue weighted by Crippen LogP contribution is 2.31. The molecule has 0 bridgehead atoms. The molecule has 4 nitrogen and oxygen atoms in total. The Morgan fingerprint density at radius 3 is 2.65 bits per heavy atom. The van der Waals surface area contributed by atoms with Gasteiger partial charge in [0.15, 0.2) is 11.6 Å². The van der Waals surface area contributed by atoms with E-state index in [-0.39, 0.29) is 29.8 Å². The first-order valence-corrected chi connectivity index (χ1v) is 6.68. The SMILES string of the molecule is CC1CCC(C(N)=O)CN1c1ccc(CN)c(F)c1F. The Morgan fingerprint density at radius 2 is 2.05 bits per heavy atom. The van der Waals surface area contributed by atoms with E-state index in [0.717, 1.165) is 0 Å². The Bertz CT molecular complexity index is 521. The third-order valence-corrected chi connectivity index (χ3v) is 3.96. The van der Waals surface area contributed by atoms with Gasteiger partial charge in [0.1, 0.15) is 0 Å². The molecule has 1 amide bonds. The van der Waals surface area contributed by atoms with Crippen molar-refractivity contribution in [1.29, 1.82) is 0 Å². The van der Waals surface area contributed by atoms with Crippen molar-refractivity contribution in [2.75, 3.05) is 11.4 Å². The van der Waals surface area contributed by atoms with Gasteiger partial charge in [-0.2, -0.15) is 0 Å². The number of amides is 1. The Balaban J connectivity index is 2.34. The predicted molar refractivity (Wildman–Crippen MR) is 73.0 cm³/mol. The van der Waals surface area contributed by atoms with Crippen LogP contribution >= 0.6 is 0 Å². The molecule has 0 aliphatic carbocycles. The maximum Gasteiger partial charge on any atom is 0.222 e. The van der Waals surface area contributed by atoms with Gasteiger partial charge in [0.2, 0.25) is 5.91 Å². The van der Waals surface area contributed by atoms with Crippen LogP contribution in [0.2, 0.25) is 0 Å². The second-order valence-electron chi connectivity index (χ2n) is 5.25. The number of primary amides is 1. The second kappa shape index (κ2) is 5.75. The average Bonchev–Trinajstić information content (AvgIpc) is 2.42. The lowest BCUT2D eigenvalue weighted by molar-refractivity contribution is -0.122. The fraction of sp³-hybridized carbons (Fsp3) is 0.500. The van der Waals surface area contributed by atoms with Gasteiger partial charge in [-0.05, 0) is 25.8 Å². The van der Waals surface area contributed by atoms with E-state index >= 15 is 0 Å². The highest BCUT2D eigenvalue weighted by Gasteiger charge is 2.31. The third kappa shape index (κ3) is 2.60. The zero-order valence-electron chi connectivity index (χ0n) is 11.4. The number of nitrogens with two attached hydrogens (primary N) is 2. The van der Waals surface area contributed by atoms with E-state index in [0.29, 0.717) is 19.4 Å². The molecule has 1 heterocycles. The number of nitrogens with zero attached hydrogens (tertiary/aromatic N) is 1. The fourth-order valence-corrected chi connectivity index (χ4v) is 2.63. The molecule has 0 radical (unpaired) electrons. The van der Waals surface area contributed by atoms with Crippen molar-refractivity contribution >= 4 is 11.6 Å². The summed E-state index contributed by atoms with van der Waals surface area (Å²) in [7, 11) is 0. The van der Waals surface area contributed by atoms with E-state index in [9.17, 15) is 13.6 Å². The maximum absolute atomic E-state index is 14.1. The summed E-state index contributed by atoms with van der Waals surface area (Å²) >= 11 is 0. The molecule has 110 valence electrons. The Morgan fingerprint density at radius 1 is 1.35 bits per heavy atom. The summed E-state index contributed by atoms with van der Waals surface area (Å²) in [5.41, 5.74) is 11.0. The molecular formula is C14H19F2N3O. The molecule has 0 aromatic heterocycles. The van der Waals surface area contributed by atoms with Crippen LogP contribution in [0.3, 0.4) is 0 Å². The number of carbonyl (C=O) groups excluding carboxylic acids is 1. The average molecular weight is 283 g/mol. The smallest absolute Gasteiger partial charge is 0.222 e. The number of benzene rings is 1. The van der Waals surface area contributed by atoms with E-state index in [4.69, 9.17) is 11.5 Å². The highest BCUT2D eigenvalue weighted by molar-refractivity contribution is 5.77. The Kier molecular flexibility index (Phi) is 4.23. The Hall–Kier alpha value is -1.69. The summed E-state index contributed by atoms with van der Waals surface area (Å²) in [6, 6.07) is 3.03. The van der Waals surface area contributed by atoms with E-state index < -0.39 is 17.5 Å². The first-order valence-electron chi connectivity index (χ1n) is 6.68. The first-order chi connectivity index (χ1) is 9.45. The van der Waals surface area contributed by atoms with Gasteiger partial charge >= 0.3 is 0 Å². The normalized spacial score (nSPS) is 22.9. The van der Waals surface area contributed by atoms with Gasteiger partial charge in [0, 0.05) is 24.7 Å². The molecule has 2 unspecified atom stereocenters. The molecule has 0 spiro atoms. The van der Waals surface area contributed by atoms with Gasteiger partial charge in [-0.3, -0.25) is 4.79 Å². The number of piperidine rings is 1. The van der Waals surface area contributed by atoms with Gasteiger partial charge in [0.05, 0.1) is 11.6 Å². The summed E-state index contributed by atoms with van der Waals surface area (Å²) in [5, 5.41) is 0. The molecule has 2 rings (SSSR count). The molecular weight excluding hydrogens is 264 g/mol. The number of carbonyl (C=O) groups is 1. The van der Waals surface area contributed by atoms with Crippen LogP contribution in [0.4, 0.5) is 14.5 Å². The molecule has 2 atom stereocenters. The lowest BCUT2D eigenvalue weighted by Gasteiger charge is -2.38. The molecule has 6 heteroatoms. The standard InChI is InChI=1S/C14H19F2N3O/c1-8-2-3-10(14(18)20)7-19(8)11-5-4-9(6-17)12(15)13(11)16/h4-5,8,10H,2-3,6-7,17H2,1H3,(H2,18,20). The van der Waals surface area contributed by atoms with E-state index in [1.54, 1.807) is 4.90 Å². The molecule has 1 aliphatic heterocycles. The van der Waals surface area contributed by atoms with Crippen molar-refractivity contribution in [2.45, 2.75) is 32.4 Å². The minimum atomic E-state index is -0.918. The zero-order valence-corrected chi connectivity index (χ0v) is 11.4. The van der Waals surface area contributed by atoms with Crippen molar-refractivity contribution in [3.8, 4) is 0 Å². The van der Waals surface area contributed by atoms with Crippen LogP contribution < -0.4 is 16.4 Å². The largest absolute Gasteiger partial charge is 0.369 e. The van der Waals surface area contributed by atoms with Crippen LogP contribution in [0, 0.1) is 17.6 Å². The van der Waals surface area contributed by atoms with Crippen molar-refractivity contribution in [2.24, 2.45) is 17.4 Å². The van der Waals surface area contributed by atoms with Crippen LogP contribution in [-0.4, -0.2) is 18.5 Å². The van der Waals surface area contributed by atoms with E-state index in [1.165, 1.54) is 12.1 Å². The number of hydrogen-bond acceptors (Lipinski definition) is 3. The zero-order chi connectivity index (χ0) is 14.9. The van der Waals surface area contributed by atoms with Crippen LogP contribution in [0.1, 0.15) is 25.3 Å². The van der Waals surface area contributed by atoms with Crippen LogP contribution in [-0.2, 0) is 11.3 Å². The molecule has 0 saturated carbocycles. The number of anilines is 1. The lowest BCUT2D eigenvalue weighted by atomic mass is 9.92. The monoisotopic (exact) mass is 283 g/mol. The van der Waals surface area contributed by atoms with Crippen molar-refractivity contribution in [1.82, 2.24) is 0 Å². The molecule has 1 saturated heterocycles.